The van der Waals surface area contributed by atoms with Gasteiger partial charge in [-0.2, -0.15) is 0 Å². The van der Waals surface area contributed by atoms with Crippen molar-refractivity contribution >= 4 is 17.7 Å². The van der Waals surface area contributed by atoms with Crippen molar-refractivity contribution in [1.29, 1.82) is 0 Å². The molecular formula is C23H23N3O6S. The Balaban J connectivity index is 1.21. The van der Waals surface area contributed by atoms with E-state index in [0.717, 1.165) is 16.9 Å². The van der Waals surface area contributed by atoms with Crippen LogP contribution >= 0.6 is 11.8 Å². The van der Waals surface area contributed by atoms with Gasteiger partial charge in [-0.25, -0.2) is 0 Å². The molecule has 33 heavy (non-hydrogen) atoms. The van der Waals surface area contributed by atoms with Crippen LogP contribution in [0.3, 0.4) is 0 Å². The zero-order chi connectivity index (χ0) is 22.8. The van der Waals surface area contributed by atoms with E-state index in [1.807, 2.05) is 24.3 Å². The molecule has 1 atom stereocenters. The zero-order valence-corrected chi connectivity index (χ0v) is 19.0. The number of carbonyl (C=O) groups excluding carboxylic acids is 1. The quantitative estimate of drug-likeness (QED) is 0.517. The van der Waals surface area contributed by atoms with Crippen LogP contribution < -0.4 is 24.3 Å². The molecule has 0 fully saturated rings. The number of benzene rings is 2. The molecule has 0 bridgehead atoms. The van der Waals surface area contributed by atoms with Gasteiger partial charge in [0.2, 0.25) is 18.6 Å². The largest absolute Gasteiger partial charge is 0.486 e. The Hall–Kier alpha value is -3.40. The third-order valence-electron chi connectivity index (χ3n) is 5.26. The van der Waals surface area contributed by atoms with Gasteiger partial charge < -0.3 is 28.7 Å². The van der Waals surface area contributed by atoms with E-state index >= 15 is 0 Å². The van der Waals surface area contributed by atoms with Gasteiger partial charge >= 0.3 is 0 Å². The molecule has 0 saturated heterocycles. The third kappa shape index (κ3) is 4.70. The highest BCUT2D eigenvalue weighted by Gasteiger charge is 2.22. The normalized spacial score (nSPS) is 14.9. The number of amides is 1. The molecule has 0 radical (unpaired) electrons. The van der Waals surface area contributed by atoms with Crippen LogP contribution in [0.2, 0.25) is 0 Å². The third-order valence-corrected chi connectivity index (χ3v) is 6.08. The number of thioether (sulfide) groups is 1. The van der Waals surface area contributed by atoms with Crippen molar-refractivity contribution in [3.63, 3.8) is 0 Å². The van der Waals surface area contributed by atoms with Crippen LogP contribution in [0, 0.1) is 5.92 Å². The number of hydrogen-bond donors (Lipinski definition) is 1. The van der Waals surface area contributed by atoms with Gasteiger partial charge in [0.15, 0.2) is 23.0 Å². The minimum atomic E-state index is -0.166. The lowest BCUT2D eigenvalue weighted by Gasteiger charge is -2.25. The second-order valence-corrected chi connectivity index (χ2v) is 8.85. The van der Waals surface area contributed by atoms with Crippen molar-refractivity contribution < 1.29 is 28.2 Å². The first-order valence-electron chi connectivity index (χ1n) is 10.6. The molecule has 1 unspecified atom stereocenters. The van der Waals surface area contributed by atoms with Gasteiger partial charge in [-0.15, -0.1) is 10.2 Å². The molecule has 172 valence electrons. The monoisotopic (exact) mass is 469 g/mol. The lowest BCUT2D eigenvalue weighted by Crippen LogP contribution is -2.33. The second kappa shape index (κ2) is 9.22. The summed E-state index contributed by atoms with van der Waals surface area (Å²) in [4.78, 5) is 12.7. The Labute approximate surface area is 194 Å². The average molecular weight is 470 g/mol. The van der Waals surface area contributed by atoms with Crippen molar-refractivity contribution in [1.82, 2.24) is 15.5 Å². The maximum Gasteiger partial charge on any atom is 0.277 e. The molecule has 1 N–H and O–H groups in total. The van der Waals surface area contributed by atoms with Gasteiger partial charge in [-0.1, -0.05) is 31.7 Å². The number of ether oxygens (including phenoxy) is 4. The van der Waals surface area contributed by atoms with Gasteiger partial charge in [0.05, 0.1) is 11.8 Å². The summed E-state index contributed by atoms with van der Waals surface area (Å²) in [6.07, 6.45) is 0. The van der Waals surface area contributed by atoms with Gasteiger partial charge in [-0.3, -0.25) is 4.79 Å². The highest BCUT2D eigenvalue weighted by molar-refractivity contribution is 7.99. The molecule has 1 aromatic heterocycles. The van der Waals surface area contributed by atoms with Crippen LogP contribution in [0.25, 0.3) is 11.5 Å². The van der Waals surface area contributed by atoms with Crippen LogP contribution in [0.5, 0.6) is 23.0 Å². The van der Waals surface area contributed by atoms with Crippen molar-refractivity contribution in [3.8, 4) is 34.5 Å². The summed E-state index contributed by atoms with van der Waals surface area (Å²) in [5.41, 5.74) is 1.69. The average Bonchev–Trinajstić information content (AvgIpc) is 3.49. The minimum Gasteiger partial charge on any atom is -0.486 e. The Morgan fingerprint density at radius 1 is 0.970 bits per heavy atom. The number of rotatable bonds is 7. The molecule has 0 spiro atoms. The number of hydrogen-bond acceptors (Lipinski definition) is 9. The SMILES string of the molecule is CC(C)C(NC(=O)CSc1nnc(-c2ccc3c(c2)OCO3)o1)c1ccc2c(c1)OCCO2. The summed E-state index contributed by atoms with van der Waals surface area (Å²) in [6, 6.07) is 11.0. The molecule has 0 saturated carbocycles. The highest BCUT2D eigenvalue weighted by atomic mass is 32.2. The van der Waals surface area contributed by atoms with E-state index in [-0.39, 0.29) is 30.4 Å². The first-order chi connectivity index (χ1) is 16.1. The maximum absolute atomic E-state index is 12.7. The fourth-order valence-corrected chi connectivity index (χ4v) is 4.22. The molecule has 9 nitrogen and oxygen atoms in total. The molecule has 3 aromatic rings. The first kappa shape index (κ1) is 21.4. The van der Waals surface area contributed by atoms with Gasteiger partial charge in [0, 0.05) is 5.56 Å². The second-order valence-electron chi connectivity index (χ2n) is 7.92. The van der Waals surface area contributed by atoms with E-state index in [2.05, 4.69) is 29.4 Å². The topological polar surface area (TPSA) is 105 Å². The van der Waals surface area contributed by atoms with Gasteiger partial charge in [0.1, 0.15) is 13.2 Å². The van der Waals surface area contributed by atoms with E-state index in [0.29, 0.717) is 41.6 Å². The first-order valence-corrected chi connectivity index (χ1v) is 11.6. The minimum absolute atomic E-state index is 0.128. The van der Waals surface area contributed by atoms with Crippen LogP contribution in [-0.4, -0.2) is 41.9 Å². The summed E-state index contributed by atoms with van der Waals surface area (Å²) in [7, 11) is 0. The molecule has 2 aliphatic rings. The number of nitrogens with one attached hydrogen (secondary N) is 1. The Morgan fingerprint density at radius 3 is 2.55 bits per heavy atom. The predicted molar refractivity (Wildman–Crippen MR) is 120 cm³/mol. The Kier molecular flexibility index (Phi) is 5.99. The van der Waals surface area contributed by atoms with Crippen molar-refractivity contribution in [2.24, 2.45) is 5.92 Å². The Morgan fingerprint density at radius 2 is 1.70 bits per heavy atom. The fraction of sp³-hybridized carbons (Fsp3) is 0.348. The molecule has 0 aliphatic carbocycles. The van der Waals surface area contributed by atoms with E-state index in [1.54, 1.807) is 12.1 Å². The number of nitrogens with zero attached hydrogens (tertiary/aromatic N) is 2. The van der Waals surface area contributed by atoms with Crippen LogP contribution in [0.1, 0.15) is 25.5 Å². The molecular weight excluding hydrogens is 446 g/mol. The fourth-order valence-electron chi connectivity index (χ4n) is 3.65. The van der Waals surface area contributed by atoms with Gasteiger partial charge in [0.25, 0.3) is 5.22 Å². The standard InChI is InChI=1S/C23H23N3O6S/c1-13(2)21(14-3-5-16-18(9-14)29-8-7-28-16)24-20(27)11-33-23-26-25-22(32-23)15-4-6-17-19(10-15)31-12-30-17/h3-6,9-10,13,21H,7-8,11-12H2,1-2H3,(H,24,27). The van der Waals surface area contributed by atoms with Gasteiger partial charge in [-0.05, 0) is 41.8 Å². The summed E-state index contributed by atoms with van der Waals surface area (Å²) < 4.78 is 27.7. The maximum atomic E-state index is 12.7. The molecule has 5 rings (SSSR count). The lowest BCUT2D eigenvalue weighted by atomic mass is 9.95. The van der Waals surface area contributed by atoms with E-state index in [4.69, 9.17) is 23.4 Å². The lowest BCUT2D eigenvalue weighted by molar-refractivity contribution is -0.119. The van der Waals surface area contributed by atoms with Crippen LogP contribution in [0.4, 0.5) is 0 Å². The molecule has 2 aromatic carbocycles. The Bertz CT molecular complexity index is 1160. The van der Waals surface area contributed by atoms with Crippen molar-refractivity contribution in [2.75, 3.05) is 25.8 Å². The molecule has 1 amide bonds. The van der Waals surface area contributed by atoms with E-state index in [1.165, 1.54) is 11.8 Å². The molecule has 2 aliphatic heterocycles. The van der Waals surface area contributed by atoms with Crippen molar-refractivity contribution in [2.45, 2.75) is 25.1 Å². The van der Waals surface area contributed by atoms with Crippen LogP contribution in [0.15, 0.2) is 46.0 Å². The van der Waals surface area contributed by atoms with E-state index < -0.39 is 0 Å². The summed E-state index contributed by atoms with van der Waals surface area (Å²) >= 11 is 1.19. The predicted octanol–water partition coefficient (Wildman–Crippen LogP) is 3.84. The summed E-state index contributed by atoms with van der Waals surface area (Å²) in [6.45, 7) is 5.38. The molecule has 10 heteroatoms. The molecule has 3 heterocycles. The summed E-state index contributed by atoms with van der Waals surface area (Å²) in [5, 5.41) is 11.5. The summed E-state index contributed by atoms with van der Waals surface area (Å²) in [5.74, 6) is 3.31. The zero-order valence-electron chi connectivity index (χ0n) is 18.2. The number of aromatic nitrogens is 2. The highest BCUT2D eigenvalue weighted by Crippen LogP contribution is 2.36. The van der Waals surface area contributed by atoms with Crippen LogP contribution in [-0.2, 0) is 4.79 Å². The van der Waals surface area contributed by atoms with Crippen molar-refractivity contribution in [3.05, 3.63) is 42.0 Å². The van der Waals surface area contributed by atoms with E-state index in [9.17, 15) is 4.79 Å². The number of fused-ring (bicyclic) bond motifs is 2. The smallest absolute Gasteiger partial charge is 0.277 e. The number of carbonyl (C=O) groups is 1.